The second-order valence-corrected chi connectivity index (χ2v) is 5.73. The van der Waals surface area contributed by atoms with Gasteiger partial charge in [-0.1, -0.05) is 24.3 Å². The van der Waals surface area contributed by atoms with E-state index in [1.807, 2.05) is 60.7 Å². The molecule has 2 aromatic carbocycles. The fraction of sp³-hybridized carbons (Fsp3) is 0.0909. The fourth-order valence-corrected chi connectivity index (χ4v) is 2.37. The Hall–Kier alpha value is -3.60. The van der Waals surface area contributed by atoms with E-state index >= 15 is 0 Å². The van der Waals surface area contributed by atoms with Crippen LogP contribution in [0.4, 0.5) is 5.69 Å². The molecule has 0 saturated carbocycles. The summed E-state index contributed by atoms with van der Waals surface area (Å²) in [5.74, 6) is 1.23. The molecule has 0 aliphatic heterocycles. The Bertz CT molecular complexity index is 906. The molecule has 0 aliphatic rings. The zero-order valence-corrected chi connectivity index (χ0v) is 15.0. The van der Waals surface area contributed by atoms with Gasteiger partial charge in [-0.25, -0.2) is 0 Å². The Morgan fingerprint density at radius 1 is 1.04 bits per heavy atom. The average Bonchev–Trinajstić information content (AvgIpc) is 2.72. The third-order valence-electron chi connectivity index (χ3n) is 3.76. The summed E-state index contributed by atoms with van der Waals surface area (Å²) in [6, 6.07) is 20.4. The number of rotatable bonds is 7. The van der Waals surface area contributed by atoms with Crippen molar-refractivity contribution in [1.29, 1.82) is 0 Å². The highest BCUT2D eigenvalue weighted by molar-refractivity contribution is 6.02. The molecule has 136 valence electrons. The highest BCUT2D eigenvalue weighted by atomic mass is 16.5. The largest absolute Gasteiger partial charge is 0.497 e. The minimum Gasteiger partial charge on any atom is -0.497 e. The highest BCUT2D eigenvalue weighted by Gasteiger charge is 2.00. The number of aromatic nitrogens is 1. The molecule has 1 amide bonds. The van der Waals surface area contributed by atoms with E-state index in [-0.39, 0.29) is 5.91 Å². The Morgan fingerprint density at radius 2 is 1.89 bits per heavy atom. The zero-order chi connectivity index (χ0) is 18.9. The summed E-state index contributed by atoms with van der Waals surface area (Å²) in [7, 11) is 1.59. The molecule has 0 spiro atoms. The van der Waals surface area contributed by atoms with Crippen molar-refractivity contribution in [3.8, 4) is 11.5 Å². The van der Waals surface area contributed by atoms with Gasteiger partial charge in [0.2, 0.25) is 5.91 Å². The first-order chi connectivity index (χ1) is 13.2. The van der Waals surface area contributed by atoms with Gasteiger partial charge in [-0.2, -0.15) is 0 Å². The number of hydrogen-bond acceptors (Lipinski definition) is 4. The monoisotopic (exact) mass is 360 g/mol. The maximum Gasteiger partial charge on any atom is 0.248 e. The molecule has 27 heavy (non-hydrogen) atoms. The SMILES string of the molecule is COc1cccc(NC(=O)/C=C/c2ccc(OCc3ccccn3)cc2)c1. The van der Waals surface area contributed by atoms with E-state index < -0.39 is 0 Å². The van der Waals surface area contributed by atoms with E-state index in [0.29, 0.717) is 18.0 Å². The van der Waals surface area contributed by atoms with E-state index in [1.165, 1.54) is 6.08 Å². The summed E-state index contributed by atoms with van der Waals surface area (Å²) in [5, 5.41) is 2.80. The zero-order valence-electron chi connectivity index (χ0n) is 15.0. The lowest BCUT2D eigenvalue weighted by atomic mass is 10.2. The molecule has 1 aromatic heterocycles. The van der Waals surface area contributed by atoms with Gasteiger partial charge in [0.1, 0.15) is 18.1 Å². The summed E-state index contributed by atoms with van der Waals surface area (Å²) in [4.78, 5) is 16.3. The van der Waals surface area contributed by atoms with E-state index in [4.69, 9.17) is 9.47 Å². The number of pyridine rings is 1. The normalized spacial score (nSPS) is 10.6. The third-order valence-corrected chi connectivity index (χ3v) is 3.76. The summed E-state index contributed by atoms with van der Waals surface area (Å²) >= 11 is 0. The minimum absolute atomic E-state index is 0.210. The predicted molar refractivity (Wildman–Crippen MR) is 106 cm³/mol. The molecule has 0 fully saturated rings. The van der Waals surface area contributed by atoms with Gasteiger partial charge in [0.25, 0.3) is 0 Å². The first-order valence-corrected chi connectivity index (χ1v) is 8.49. The quantitative estimate of drug-likeness (QED) is 0.638. The molecule has 0 aliphatic carbocycles. The van der Waals surface area contributed by atoms with Gasteiger partial charge < -0.3 is 14.8 Å². The molecule has 3 rings (SSSR count). The number of ether oxygens (including phenoxy) is 2. The van der Waals surface area contributed by atoms with Crippen LogP contribution < -0.4 is 14.8 Å². The topological polar surface area (TPSA) is 60.5 Å². The minimum atomic E-state index is -0.210. The molecule has 0 unspecified atom stereocenters. The number of carbonyl (C=O) groups is 1. The van der Waals surface area contributed by atoms with Crippen molar-refractivity contribution >= 4 is 17.7 Å². The van der Waals surface area contributed by atoms with Gasteiger partial charge >= 0.3 is 0 Å². The van der Waals surface area contributed by atoms with Crippen LogP contribution in [0.3, 0.4) is 0 Å². The molecule has 5 nitrogen and oxygen atoms in total. The van der Waals surface area contributed by atoms with Gasteiger partial charge in [0, 0.05) is 24.0 Å². The fourth-order valence-electron chi connectivity index (χ4n) is 2.37. The predicted octanol–water partition coefficient (Wildman–Crippen LogP) is 4.32. The van der Waals surface area contributed by atoms with Crippen LogP contribution in [0.25, 0.3) is 6.08 Å². The number of nitrogens with one attached hydrogen (secondary N) is 1. The lowest BCUT2D eigenvalue weighted by Crippen LogP contribution is -2.07. The van der Waals surface area contributed by atoms with E-state index in [1.54, 1.807) is 25.4 Å². The van der Waals surface area contributed by atoms with Crippen molar-refractivity contribution in [3.63, 3.8) is 0 Å². The number of hydrogen-bond donors (Lipinski definition) is 1. The van der Waals surface area contributed by atoms with E-state index in [0.717, 1.165) is 17.0 Å². The second-order valence-electron chi connectivity index (χ2n) is 5.73. The Kier molecular flexibility index (Phi) is 6.20. The van der Waals surface area contributed by atoms with Crippen molar-refractivity contribution in [3.05, 3.63) is 90.3 Å². The number of methoxy groups -OCH3 is 1. The first kappa shape index (κ1) is 18.2. The molecular formula is C22H20N2O3. The van der Waals surface area contributed by atoms with E-state index in [2.05, 4.69) is 10.3 Å². The molecule has 1 N–H and O–H groups in total. The summed E-state index contributed by atoms with van der Waals surface area (Å²) < 4.78 is 10.8. The Labute approximate surface area is 158 Å². The number of anilines is 1. The molecule has 0 atom stereocenters. The van der Waals surface area contributed by atoms with Gasteiger partial charge in [0.05, 0.1) is 12.8 Å². The van der Waals surface area contributed by atoms with Crippen LogP contribution in [0.2, 0.25) is 0 Å². The van der Waals surface area contributed by atoms with Crippen LogP contribution >= 0.6 is 0 Å². The number of nitrogens with zero attached hydrogens (tertiary/aromatic N) is 1. The van der Waals surface area contributed by atoms with Crippen LogP contribution in [0, 0.1) is 0 Å². The van der Waals surface area contributed by atoms with Crippen molar-refractivity contribution in [2.75, 3.05) is 12.4 Å². The van der Waals surface area contributed by atoms with Gasteiger partial charge in [-0.05, 0) is 48.0 Å². The van der Waals surface area contributed by atoms with Crippen LogP contribution in [0.5, 0.6) is 11.5 Å². The van der Waals surface area contributed by atoms with Gasteiger partial charge in [-0.3, -0.25) is 9.78 Å². The number of benzene rings is 2. The van der Waals surface area contributed by atoms with Crippen molar-refractivity contribution < 1.29 is 14.3 Å². The summed E-state index contributed by atoms with van der Waals surface area (Å²) in [5.41, 5.74) is 2.46. The standard InChI is InChI=1S/C22H20N2O3/c1-26-21-7-4-6-18(15-21)24-22(25)13-10-17-8-11-20(12-9-17)27-16-19-5-2-3-14-23-19/h2-15H,16H2,1H3,(H,24,25)/b13-10+. The molecule has 0 bridgehead atoms. The molecule has 1 heterocycles. The lowest BCUT2D eigenvalue weighted by molar-refractivity contribution is -0.111. The van der Waals surface area contributed by atoms with Crippen molar-refractivity contribution in [2.45, 2.75) is 6.61 Å². The van der Waals surface area contributed by atoms with Crippen molar-refractivity contribution in [1.82, 2.24) is 4.98 Å². The second kappa shape index (κ2) is 9.20. The molecule has 0 radical (unpaired) electrons. The number of carbonyl (C=O) groups excluding carboxylic acids is 1. The lowest BCUT2D eigenvalue weighted by Gasteiger charge is -2.06. The van der Waals surface area contributed by atoms with Crippen LogP contribution in [0.15, 0.2) is 79.0 Å². The third kappa shape index (κ3) is 5.71. The smallest absolute Gasteiger partial charge is 0.248 e. The molecular weight excluding hydrogens is 340 g/mol. The molecule has 5 heteroatoms. The van der Waals surface area contributed by atoms with Crippen LogP contribution in [0.1, 0.15) is 11.3 Å². The average molecular weight is 360 g/mol. The summed E-state index contributed by atoms with van der Waals surface area (Å²) in [6.45, 7) is 0.416. The first-order valence-electron chi connectivity index (χ1n) is 8.49. The highest BCUT2D eigenvalue weighted by Crippen LogP contribution is 2.17. The molecule has 0 saturated heterocycles. The molecule has 3 aromatic rings. The number of amides is 1. The van der Waals surface area contributed by atoms with Gasteiger partial charge in [0.15, 0.2) is 0 Å². The Morgan fingerprint density at radius 3 is 2.63 bits per heavy atom. The van der Waals surface area contributed by atoms with Crippen LogP contribution in [-0.2, 0) is 11.4 Å². The van der Waals surface area contributed by atoms with Gasteiger partial charge in [-0.15, -0.1) is 0 Å². The Balaban J connectivity index is 1.53. The van der Waals surface area contributed by atoms with E-state index in [9.17, 15) is 4.79 Å². The maximum atomic E-state index is 12.0. The van der Waals surface area contributed by atoms with Crippen LogP contribution in [-0.4, -0.2) is 18.0 Å². The summed E-state index contributed by atoms with van der Waals surface area (Å²) in [6.07, 6.45) is 4.98. The maximum absolute atomic E-state index is 12.0. The van der Waals surface area contributed by atoms with Crippen molar-refractivity contribution in [2.24, 2.45) is 0 Å².